The summed E-state index contributed by atoms with van der Waals surface area (Å²) in [6.07, 6.45) is 2.44. The van der Waals surface area contributed by atoms with E-state index in [4.69, 9.17) is 14.5 Å². The Bertz CT molecular complexity index is 1600. The highest BCUT2D eigenvalue weighted by atomic mass is 16.5. The number of carbonyl (C=O) groups excluding carboxylic acids is 3. The predicted octanol–water partition coefficient (Wildman–Crippen LogP) is 3.77. The first-order chi connectivity index (χ1) is 19.0. The van der Waals surface area contributed by atoms with Crippen molar-refractivity contribution in [3.05, 3.63) is 78.5 Å². The van der Waals surface area contributed by atoms with E-state index in [1.165, 1.54) is 6.20 Å². The lowest BCUT2D eigenvalue weighted by molar-refractivity contribution is -0.137. The molecule has 6 rings (SSSR count). The van der Waals surface area contributed by atoms with Crippen LogP contribution >= 0.6 is 0 Å². The van der Waals surface area contributed by atoms with Gasteiger partial charge in [-0.2, -0.15) is 5.26 Å². The minimum Gasteiger partial charge on any atom is -0.439 e. The van der Waals surface area contributed by atoms with Crippen molar-refractivity contribution in [2.75, 3.05) is 11.4 Å². The van der Waals surface area contributed by atoms with Crippen LogP contribution < -0.4 is 20.3 Å². The summed E-state index contributed by atoms with van der Waals surface area (Å²) in [6.45, 7) is 0.465. The summed E-state index contributed by atoms with van der Waals surface area (Å²) < 4.78 is 11.4. The second kappa shape index (κ2) is 9.42. The summed E-state index contributed by atoms with van der Waals surface area (Å²) >= 11 is 0. The van der Waals surface area contributed by atoms with E-state index in [0.29, 0.717) is 53.7 Å². The molecule has 0 saturated carbocycles. The SMILES string of the molecule is N#Cc1ccc(-c2cc(-c3ccc(Oc4ccc(N5CCCC56C(=O)NC(=O)NC6=O)cn4)cc3)on2)cc1. The van der Waals surface area contributed by atoms with E-state index in [1.807, 2.05) is 30.3 Å². The fraction of sp³-hybridized carbons (Fsp3) is 0.143. The van der Waals surface area contributed by atoms with Crippen LogP contribution in [0, 0.1) is 11.3 Å². The first-order valence-corrected chi connectivity index (χ1v) is 12.1. The highest BCUT2D eigenvalue weighted by Gasteiger charge is 2.57. The molecule has 0 bridgehead atoms. The smallest absolute Gasteiger partial charge is 0.328 e. The third-order valence-electron chi connectivity index (χ3n) is 6.80. The molecule has 2 N–H and O–H groups in total. The molecule has 2 aromatic heterocycles. The molecule has 2 fully saturated rings. The van der Waals surface area contributed by atoms with Crippen molar-refractivity contribution in [2.45, 2.75) is 18.4 Å². The molecule has 2 aliphatic rings. The summed E-state index contributed by atoms with van der Waals surface area (Å²) in [6, 6.07) is 20.8. The number of nitrogens with one attached hydrogen (secondary N) is 2. The second-order valence-corrected chi connectivity index (χ2v) is 9.10. The zero-order chi connectivity index (χ0) is 27.0. The number of hydrogen-bond acceptors (Lipinski definition) is 9. The van der Waals surface area contributed by atoms with Gasteiger partial charge in [-0.1, -0.05) is 17.3 Å². The molecule has 0 radical (unpaired) electrons. The Balaban J connectivity index is 1.14. The number of aromatic nitrogens is 2. The fourth-order valence-electron chi connectivity index (χ4n) is 4.85. The number of nitriles is 1. The van der Waals surface area contributed by atoms with Crippen molar-refractivity contribution in [1.82, 2.24) is 20.8 Å². The van der Waals surface area contributed by atoms with Crippen LogP contribution in [-0.4, -0.2) is 40.1 Å². The monoisotopic (exact) mass is 520 g/mol. The van der Waals surface area contributed by atoms with E-state index in [1.54, 1.807) is 41.3 Å². The van der Waals surface area contributed by atoms with Gasteiger partial charge in [0, 0.05) is 29.8 Å². The normalized spacial score (nSPS) is 16.1. The fourth-order valence-corrected chi connectivity index (χ4v) is 4.85. The average molecular weight is 521 g/mol. The second-order valence-electron chi connectivity index (χ2n) is 9.10. The van der Waals surface area contributed by atoms with E-state index in [-0.39, 0.29) is 0 Å². The summed E-state index contributed by atoms with van der Waals surface area (Å²) in [4.78, 5) is 42.9. The molecule has 192 valence electrons. The number of rotatable bonds is 5. The van der Waals surface area contributed by atoms with E-state index < -0.39 is 23.4 Å². The minimum atomic E-state index is -1.48. The molecule has 1 spiro atoms. The van der Waals surface area contributed by atoms with Crippen molar-refractivity contribution in [2.24, 2.45) is 0 Å². The maximum atomic E-state index is 12.7. The Kier molecular flexibility index (Phi) is 5.77. The van der Waals surface area contributed by atoms with Gasteiger partial charge >= 0.3 is 6.03 Å². The topological polar surface area (TPSA) is 150 Å². The average Bonchev–Trinajstić information content (AvgIpc) is 3.62. The lowest BCUT2D eigenvalue weighted by Crippen LogP contribution is -2.71. The quantitative estimate of drug-likeness (QED) is 0.375. The van der Waals surface area contributed by atoms with Crippen LogP contribution in [0.4, 0.5) is 10.5 Å². The number of barbiturate groups is 1. The van der Waals surface area contributed by atoms with Crippen molar-refractivity contribution in [1.29, 1.82) is 5.26 Å². The molecule has 39 heavy (non-hydrogen) atoms. The van der Waals surface area contributed by atoms with Gasteiger partial charge in [0.15, 0.2) is 11.3 Å². The third kappa shape index (κ3) is 4.23. The third-order valence-corrected chi connectivity index (χ3v) is 6.80. The first kappa shape index (κ1) is 23.9. The standard InChI is InChI=1S/C28H20N6O5/c29-15-17-2-4-18(5-3-17)22-14-23(39-33-22)19-6-9-21(10-7-19)38-24-11-8-20(16-30-24)34-13-1-12-28(34)25(35)31-27(37)32-26(28)36/h2-11,14,16H,1,12-13H2,(H2,31,32,35,36,37). The maximum Gasteiger partial charge on any atom is 0.328 e. The van der Waals surface area contributed by atoms with Crippen molar-refractivity contribution < 1.29 is 23.6 Å². The molecule has 4 amide bonds. The molecular formula is C28H20N6O5. The first-order valence-electron chi connectivity index (χ1n) is 12.1. The molecule has 4 aromatic rings. The zero-order valence-electron chi connectivity index (χ0n) is 20.4. The summed E-state index contributed by atoms with van der Waals surface area (Å²) in [5, 5.41) is 17.5. The number of nitrogens with zero attached hydrogens (tertiary/aromatic N) is 4. The molecule has 0 unspecified atom stereocenters. The lowest BCUT2D eigenvalue weighted by atomic mass is 9.92. The number of anilines is 1. The number of benzene rings is 2. The summed E-state index contributed by atoms with van der Waals surface area (Å²) in [7, 11) is 0. The van der Waals surface area contributed by atoms with Gasteiger partial charge in [0.05, 0.1) is 23.5 Å². The zero-order valence-corrected chi connectivity index (χ0v) is 20.4. The predicted molar refractivity (Wildman–Crippen MR) is 137 cm³/mol. The number of hydrogen-bond donors (Lipinski definition) is 2. The van der Waals surface area contributed by atoms with Crippen molar-refractivity contribution in [3.63, 3.8) is 0 Å². The van der Waals surface area contributed by atoms with Crippen molar-refractivity contribution in [3.8, 4) is 40.3 Å². The van der Waals surface area contributed by atoms with Gasteiger partial charge in [0.25, 0.3) is 11.8 Å². The number of carbonyl (C=O) groups is 3. The number of pyridine rings is 1. The van der Waals surface area contributed by atoms with Gasteiger partial charge in [-0.15, -0.1) is 0 Å². The molecule has 11 heteroatoms. The summed E-state index contributed by atoms with van der Waals surface area (Å²) in [5.74, 6) is 0.193. The van der Waals surface area contributed by atoms with Crippen LogP contribution in [0.1, 0.15) is 18.4 Å². The number of amides is 4. The lowest BCUT2D eigenvalue weighted by Gasteiger charge is -2.38. The van der Waals surface area contributed by atoms with Gasteiger partial charge in [-0.05, 0) is 55.3 Å². The van der Waals surface area contributed by atoms with E-state index in [9.17, 15) is 14.4 Å². The Hall–Kier alpha value is -5.50. The molecule has 4 heterocycles. The van der Waals surface area contributed by atoms with Gasteiger partial charge in [0.2, 0.25) is 5.88 Å². The van der Waals surface area contributed by atoms with Gasteiger partial charge < -0.3 is 14.2 Å². The largest absolute Gasteiger partial charge is 0.439 e. The van der Waals surface area contributed by atoms with Crippen LogP contribution in [0.3, 0.4) is 0 Å². The van der Waals surface area contributed by atoms with Gasteiger partial charge in [-0.25, -0.2) is 9.78 Å². The molecule has 2 aromatic carbocycles. The maximum absolute atomic E-state index is 12.7. The molecule has 11 nitrogen and oxygen atoms in total. The Morgan fingerprint density at radius 3 is 2.33 bits per heavy atom. The van der Waals surface area contributed by atoms with Crippen LogP contribution in [-0.2, 0) is 9.59 Å². The summed E-state index contributed by atoms with van der Waals surface area (Å²) in [5.41, 5.74) is 1.97. The Morgan fingerprint density at radius 1 is 0.949 bits per heavy atom. The Labute approximate surface area is 222 Å². The Morgan fingerprint density at radius 2 is 1.67 bits per heavy atom. The van der Waals surface area contributed by atoms with Gasteiger partial charge in [-0.3, -0.25) is 20.2 Å². The van der Waals surface area contributed by atoms with E-state index in [0.717, 1.165) is 11.1 Å². The minimum absolute atomic E-state index is 0.294. The number of urea groups is 1. The molecule has 2 aliphatic heterocycles. The van der Waals surface area contributed by atoms with Crippen LogP contribution in [0.2, 0.25) is 0 Å². The molecule has 2 saturated heterocycles. The highest BCUT2D eigenvalue weighted by molar-refractivity contribution is 6.24. The van der Waals surface area contributed by atoms with E-state index in [2.05, 4.69) is 26.8 Å². The van der Waals surface area contributed by atoms with E-state index >= 15 is 0 Å². The number of imide groups is 2. The highest BCUT2D eigenvalue weighted by Crippen LogP contribution is 2.36. The number of ether oxygens (including phenoxy) is 1. The van der Waals surface area contributed by atoms with Gasteiger partial charge in [0.1, 0.15) is 11.4 Å². The molecule has 0 aliphatic carbocycles. The van der Waals surface area contributed by atoms with Crippen LogP contribution in [0.5, 0.6) is 11.6 Å². The van der Waals surface area contributed by atoms with Crippen LogP contribution in [0.15, 0.2) is 77.4 Å². The molecular weight excluding hydrogens is 500 g/mol. The van der Waals surface area contributed by atoms with Crippen LogP contribution in [0.25, 0.3) is 22.6 Å². The molecule has 0 atom stereocenters. The van der Waals surface area contributed by atoms with Crippen molar-refractivity contribution >= 4 is 23.5 Å².